The van der Waals surface area contributed by atoms with Gasteiger partial charge in [0, 0.05) is 19.6 Å². The predicted molar refractivity (Wildman–Crippen MR) is 283 cm³/mol. The van der Waals surface area contributed by atoms with Crippen LogP contribution in [0, 0.1) is 0 Å². The molecule has 0 aromatic rings. The molecule has 0 bridgehead atoms. The van der Waals surface area contributed by atoms with Crippen molar-refractivity contribution in [1.29, 1.82) is 0 Å². The minimum Gasteiger partial charge on any atom is -0.457 e. The lowest BCUT2D eigenvalue weighted by molar-refractivity contribution is -0.154. The summed E-state index contributed by atoms with van der Waals surface area (Å²) in [5.74, 6) is -0.356. The van der Waals surface area contributed by atoms with Crippen LogP contribution in [-0.2, 0) is 27.9 Å². The molecule has 0 amide bonds. The molecule has 0 aliphatic heterocycles. The van der Waals surface area contributed by atoms with Crippen LogP contribution >= 0.6 is 7.82 Å². The van der Waals surface area contributed by atoms with E-state index in [4.69, 9.17) is 24.3 Å². The minimum atomic E-state index is -4.31. The molecule has 374 valence electrons. The SMILES string of the molecule is CC/C=C\C/C=C\C/C=C\C/C=C\C/C=C\C/C=C\C/C=C\CCCCOCC(COP(=O)(O)OCCN)OC(=O)CCCCCCCCCCCC/C=C\C/C=C\C/C=C\C/C=C\CC. The third-order valence-corrected chi connectivity index (χ3v) is 11.0. The molecule has 0 aliphatic rings. The van der Waals surface area contributed by atoms with E-state index < -0.39 is 13.9 Å². The van der Waals surface area contributed by atoms with E-state index in [0.717, 1.165) is 116 Å². The molecule has 0 fully saturated rings. The lowest BCUT2D eigenvalue weighted by atomic mass is 10.0. The molecule has 0 saturated heterocycles. The Morgan fingerprint density at radius 3 is 1.20 bits per heavy atom. The number of unbranched alkanes of at least 4 members (excludes halogenated alkanes) is 12. The Morgan fingerprint density at radius 1 is 0.455 bits per heavy atom. The summed E-state index contributed by atoms with van der Waals surface area (Å²) in [6.07, 6.45) is 74.9. The van der Waals surface area contributed by atoms with Crippen molar-refractivity contribution in [1.82, 2.24) is 0 Å². The normalized spacial score (nSPS) is 14.4. The third kappa shape index (κ3) is 51.6. The monoisotopic (exact) mass is 936 g/mol. The van der Waals surface area contributed by atoms with Gasteiger partial charge in [-0.3, -0.25) is 13.8 Å². The van der Waals surface area contributed by atoms with Crippen LogP contribution in [0.5, 0.6) is 0 Å². The zero-order chi connectivity index (χ0) is 48.0. The molecule has 2 atom stereocenters. The molecule has 0 rings (SSSR count). The van der Waals surface area contributed by atoms with E-state index in [0.29, 0.717) is 13.0 Å². The topological polar surface area (TPSA) is 117 Å². The van der Waals surface area contributed by atoms with Crippen molar-refractivity contribution in [2.45, 2.75) is 187 Å². The van der Waals surface area contributed by atoms with E-state index in [2.05, 4.69) is 148 Å². The molecule has 66 heavy (non-hydrogen) atoms. The van der Waals surface area contributed by atoms with Crippen molar-refractivity contribution in [2.24, 2.45) is 5.73 Å². The van der Waals surface area contributed by atoms with Gasteiger partial charge < -0.3 is 20.1 Å². The lowest BCUT2D eigenvalue weighted by Crippen LogP contribution is -2.28. The Morgan fingerprint density at radius 2 is 0.803 bits per heavy atom. The number of phosphoric ester groups is 1. The van der Waals surface area contributed by atoms with Gasteiger partial charge in [-0.2, -0.15) is 0 Å². The van der Waals surface area contributed by atoms with E-state index >= 15 is 0 Å². The Labute approximate surface area is 404 Å². The maximum absolute atomic E-state index is 12.7. The van der Waals surface area contributed by atoms with Crippen LogP contribution in [0.4, 0.5) is 0 Å². The highest BCUT2D eigenvalue weighted by atomic mass is 31.2. The molecular weight excluding hydrogens is 842 g/mol. The first-order chi connectivity index (χ1) is 32.4. The Balaban J connectivity index is 4.09. The molecule has 0 heterocycles. The number of rotatable bonds is 47. The first kappa shape index (κ1) is 62.6. The van der Waals surface area contributed by atoms with Crippen molar-refractivity contribution in [2.75, 3.05) is 33.0 Å². The fourth-order valence-electron chi connectivity index (χ4n) is 6.38. The van der Waals surface area contributed by atoms with E-state index in [9.17, 15) is 14.3 Å². The highest BCUT2D eigenvalue weighted by Gasteiger charge is 2.25. The second-order valence-electron chi connectivity index (χ2n) is 16.3. The number of carbonyl (C=O) groups is 1. The molecule has 8 nitrogen and oxygen atoms in total. The maximum atomic E-state index is 12.7. The van der Waals surface area contributed by atoms with Crippen LogP contribution in [0.15, 0.2) is 134 Å². The summed E-state index contributed by atoms with van der Waals surface area (Å²) in [4.78, 5) is 22.6. The van der Waals surface area contributed by atoms with Crippen molar-refractivity contribution in [3.05, 3.63) is 134 Å². The smallest absolute Gasteiger partial charge is 0.457 e. The molecule has 0 aromatic carbocycles. The fourth-order valence-corrected chi connectivity index (χ4v) is 7.14. The van der Waals surface area contributed by atoms with Gasteiger partial charge in [0.1, 0.15) is 6.10 Å². The van der Waals surface area contributed by atoms with Crippen LogP contribution < -0.4 is 5.73 Å². The summed E-state index contributed by atoms with van der Waals surface area (Å²) in [5, 5.41) is 0. The Hall–Kier alpha value is -3.36. The molecule has 0 aliphatic carbocycles. The Bertz CT molecular complexity index is 1470. The average molecular weight is 936 g/mol. The summed E-state index contributed by atoms with van der Waals surface area (Å²) in [6, 6.07) is 0. The molecule has 2 unspecified atom stereocenters. The van der Waals surface area contributed by atoms with Crippen LogP contribution in [0.25, 0.3) is 0 Å². The number of ether oxygens (including phenoxy) is 2. The molecule has 0 saturated carbocycles. The summed E-state index contributed by atoms with van der Waals surface area (Å²) in [7, 11) is -4.31. The van der Waals surface area contributed by atoms with Gasteiger partial charge in [0.25, 0.3) is 0 Å². The van der Waals surface area contributed by atoms with Crippen LogP contribution in [-0.4, -0.2) is 49.9 Å². The van der Waals surface area contributed by atoms with Gasteiger partial charge in [-0.05, 0) is 109 Å². The van der Waals surface area contributed by atoms with Gasteiger partial charge in [-0.15, -0.1) is 0 Å². The second kappa shape index (κ2) is 52.6. The third-order valence-electron chi connectivity index (χ3n) is 10.1. The van der Waals surface area contributed by atoms with Gasteiger partial charge in [0.05, 0.1) is 19.8 Å². The maximum Gasteiger partial charge on any atom is 0.472 e. The van der Waals surface area contributed by atoms with Crippen LogP contribution in [0.1, 0.15) is 181 Å². The number of phosphoric acid groups is 1. The van der Waals surface area contributed by atoms with E-state index in [1.807, 2.05) is 0 Å². The number of esters is 1. The van der Waals surface area contributed by atoms with Gasteiger partial charge in [0.15, 0.2) is 0 Å². The van der Waals surface area contributed by atoms with Gasteiger partial charge in [-0.25, -0.2) is 4.57 Å². The van der Waals surface area contributed by atoms with Crippen LogP contribution in [0.2, 0.25) is 0 Å². The number of allylic oxidation sites excluding steroid dienone is 22. The van der Waals surface area contributed by atoms with Crippen molar-refractivity contribution >= 4 is 13.8 Å². The van der Waals surface area contributed by atoms with Gasteiger partial charge in [0.2, 0.25) is 0 Å². The zero-order valence-electron chi connectivity index (χ0n) is 41.6. The molecular formula is C57H94NO7P. The van der Waals surface area contributed by atoms with E-state index in [-0.39, 0.29) is 32.3 Å². The van der Waals surface area contributed by atoms with Crippen molar-refractivity contribution in [3.63, 3.8) is 0 Å². The molecule has 0 spiro atoms. The summed E-state index contributed by atoms with van der Waals surface area (Å²) in [5.41, 5.74) is 5.39. The second-order valence-corrected chi connectivity index (χ2v) is 17.7. The van der Waals surface area contributed by atoms with Crippen LogP contribution in [0.3, 0.4) is 0 Å². The summed E-state index contributed by atoms with van der Waals surface area (Å²) in [6.45, 7) is 4.55. The van der Waals surface area contributed by atoms with E-state index in [1.165, 1.54) is 44.9 Å². The predicted octanol–water partition coefficient (Wildman–Crippen LogP) is 16.3. The Kier molecular flexibility index (Phi) is 49.9. The molecule has 3 N–H and O–H groups in total. The van der Waals surface area contributed by atoms with Crippen molar-refractivity contribution < 1.29 is 32.8 Å². The first-order valence-electron chi connectivity index (χ1n) is 25.7. The average Bonchev–Trinajstić information content (AvgIpc) is 3.31. The van der Waals surface area contributed by atoms with Gasteiger partial charge in [-0.1, -0.05) is 199 Å². The van der Waals surface area contributed by atoms with E-state index in [1.54, 1.807) is 0 Å². The lowest BCUT2D eigenvalue weighted by Gasteiger charge is -2.20. The highest BCUT2D eigenvalue weighted by Crippen LogP contribution is 2.43. The summed E-state index contributed by atoms with van der Waals surface area (Å²) < 4.78 is 33.5. The number of hydrogen-bond acceptors (Lipinski definition) is 7. The number of hydrogen-bond donors (Lipinski definition) is 2. The number of nitrogens with two attached hydrogens (primary N) is 1. The molecule has 0 aromatic heterocycles. The number of carbonyl (C=O) groups excluding carboxylic acids is 1. The largest absolute Gasteiger partial charge is 0.472 e. The molecule has 0 radical (unpaired) electrons. The minimum absolute atomic E-state index is 0.0750. The van der Waals surface area contributed by atoms with Crippen molar-refractivity contribution in [3.8, 4) is 0 Å². The highest BCUT2D eigenvalue weighted by molar-refractivity contribution is 7.47. The standard InChI is InChI=1S/C57H94NO7P/c1-3-5-7-9-11-13-15-17-19-21-23-25-27-29-31-33-35-37-39-41-43-45-47-49-52-62-54-56(55-64-66(60,61)63-53-51-58)65-57(59)50-48-46-44-42-40-38-36-34-32-30-28-26-24-22-20-18-16-14-12-10-8-6-4-2/h5-8,11-14,17-20,23-26,29,31,35,37,41,43,56H,3-4,9-10,15-16,21-22,27-28,30,32-34,36,38-40,42,44-55,58H2,1-2H3,(H,60,61)/b7-5-,8-6-,13-11-,14-12-,19-17-,20-18-,25-23-,26-24-,31-29-,37-35-,43-41-. The quantitative estimate of drug-likeness (QED) is 0.0268. The first-order valence-corrected chi connectivity index (χ1v) is 27.2. The fraction of sp³-hybridized carbons (Fsp3) is 0.596. The van der Waals surface area contributed by atoms with Gasteiger partial charge >= 0.3 is 13.8 Å². The molecule has 9 heteroatoms. The summed E-state index contributed by atoms with van der Waals surface area (Å²) >= 11 is 0. The zero-order valence-corrected chi connectivity index (χ0v) is 42.5.